The summed E-state index contributed by atoms with van der Waals surface area (Å²) in [4.78, 5) is 25.9. The average molecular weight is 381 g/mol. The highest BCUT2D eigenvalue weighted by atomic mass is 79.9. The number of fused-ring (bicyclic) bond motifs is 1. The van der Waals surface area contributed by atoms with Crippen molar-refractivity contribution in [2.24, 2.45) is 0 Å². The van der Waals surface area contributed by atoms with E-state index in [0.29, 0.717) is 25.8 Å². The van der Waals surface area contributed by atoms with Gasteiger partial charge in [0.15, 0.2) is 0 Å². The van der Waals surface area contributed by atoms with Gasteiger partial charge in [-0.15, -0.1) is 0 Å². The van der Waals surface area contributed by atoms with Crippen molar-refractivity contribution in [3.8, 4) is 0 Å². The van der Waals surface area contributed by atoms with E-state index in [4.69, 9.17) is 0 Å². The molecule has 0 radical (unpaired) electrons. The second kappa shape index (κ2) is 4.58. The number of nitrogens with zero attached hydrogens (tertiary/aromatic N) is 1. The molecule has 0 atom stereocenters. The highest BCUT2D eigenvalue weighted by molar-refractivity contribution is 9.11. The maximum Gasteiger partial charge on any atom is 0.266 e. The first-order chi connectivity index (χ1) is 9.11. The molecule has 3 nitrogen and oxygen atoms in total. The normalized spacial score (nSPS) is 13.9. The lowest BCUT2D eigenvalue weighted by atomic mass is 10.1. The van der Waals surface area contributed by atoms with Crippen LogP contribution in [0.1, 0.15) is 20.7 Å². The van der Waals surface area contributed by atoms with Crippen molar-refractivity contribution in [2.45, 2.75) is 0 Å². The molecular formula is C14H7Br2NO2. The van der Waals surface area contributed by atoms with Crippen molar-refractivity contribution in [2.75, 3.05) is 4.90 Å². The summed E-state index contributed by atoms with van der Waals surface area (Å²) in [5, 5.41) is 0. The van der Waals surface area contributed by atoms with Gasteiger partial charge in [0.25, 0.3) is 11.8 Å². The number of imide groups is 1. The van der Waals surface area contributed by atoms with Gasteiger partial charge in [-0.05, 0) is 56.1 Å². The van der Waals surface area contributed by atoms with E-state index in [-0.39, 0.29) is 11.8 Å². The first kappa shape index (κ1) is 12.6. The molecule has 0 aromatic heterocycles. The van der Waals surface area contributed by atoms with Crippen LogP contribution in [0.15, 0.2) is 51.4 Å². The van der Waals surface area contributed by atoms with E-state index in [2.05, 4.69) is 31.9 Å². The molecule has 0 bridgehead atoms. The van der Waals surface area contributed by atoms with E-state index in [0.717, 1.165) is 0 Å². The Morgan fingerprint density at radius 1 is 0.737 bits per heavy atom. The van der Waals surface area contributed by atoms with Gasteiger partial charge in [0, 0.05) is 8.95 Å². The Kier molecular flexibility index (Phi) is 3.03. The molecule has 0 aliphatic carbocycles. The topological polar surface area (TPSA) is 37.4 Å². The van der Waals surface area contributed by atoms with Crippen molar-refractivity contribution >= 4 is 49.4 Å². The van der Waals surface area contributed by atoms with E-state index in [1.807, 2.05) is 6.07 Å². The first-order valence-electron chi connectivity index (χ1n) is 5.53. The number of halogens is 2. The number of para-hydroxylation sites is 1. The van der Waals surface area contributed by atoms with Crippen molar-refractivity contribution in [1.82, 2.24) is 0 Å². The first-order valence-corrected chi connectivity index (χ1v) is 7.11. The number of benzene rings is 2. The van der Waals surface area contributed by atoms with Gasteiger partial charge in [-0.1, -0.05) is 18.2 Å². The number of hydrogen-bond acceptors (Lipinski definition) is 2. The van der Waals surface area contributed by atoms with Crippen LogP contribution in [0.5, 0.6) is 0 Å². The Bertz CT molecular complexity index is 657. The monoisotopic (exact) mass is 379 g/mol. The molecule has 2 aromatic rings. The Morgan fingerprint density at radius 2 is 1.21 bits per heavy atom. The fourth-order valence-corrected chi connectivity index (χ4v) is 3.45. The third-order valence-corrected chi connectivity index (χ3v) is 4.24. The fraction of sp³-hybridized carbons (Fsp3) is 0. The van der Waals surface area contributed by atoms with E-state index < -0.39 is 0 Å². The summed E-state index contributed by atoms with van der Waals surface area (Å²) in [6.45, 7) is 0. The zero-order valence-electron chi connectivity index (χ0n) is 9.56. The van der Waals surface area contributed by atoms with E-state index >= 15 is 0 Å². The number of rotatable bonds is 1. The highest BCUT2D eigenvalue weighted by Crippen LogP contribution is 2.38. The number of carbonyl (C=O) groups excluding carboxylic acids is 2. The predicted octanol–water partition coefficient (Wildman–Crippen LogP) is 4.01. The molecule has 1 aliphatic heterocycles. The van der Waals surface area contributed by atoms with Gasteiger partial charge in [-0.3, -0.25) is 9.59 Å². The lowest BCUT2D eigenvalue weighted by Gasteiger charge is -2.17. The maximum atomic E-state index is 12.4. The zero-order valence-corrected chi connectivity index (χ0v) is 12.7. The van der Waals surface area contributed by atoms with Gasteiger partial charge < -0.3 is 0 Å². The molecule has 1 heterocycles. The summed E-state index contributed by atoms with van der Waals surface area (Å²) in [6.07, 6.45) is 0. The minimum Gasteiger partial charge on any atom is -0.268 e. The van der Waals surface area contributed by atoms with Gasteiger partial charge in [-0.25, -0.2) is 4.90 Å². The third-order valence-electron chi connectivity index (χ3n) is 2.96. The van der Waals surface area contributed by atoms with Crippen molar-refractivity contribution < 1.29 is 9.59 Å². The lowest BCUT2D eigenvalue weighted by molar-refractivity contribution is 0.0926. The standard InChI is InChI=1S/C14H7Br2NO2/c15-10-6-3-7-11(16)12(10)17-13(18)8-4-1-2-5-9(8)14(17)19/h1-7H. The van der Waals surface area contributed by atoms with E-state index in [9.17, 15) is 9.59 Å². The zero-order chi connectivity index (χ0) is 13.6. The average Bonchev–Trinajstić information content (AvgIpc) is 2.64. The molecule has 94 valence electrons. The summed E-state index contributed by atoms with van der Waals surface area (Å²) >= 11 is 6.76. The second-order valence-electron chi connectivity index (χ2n) is 4.06. The molecule has 0 fully saturated rings. The Morgan fingerprint density at radius 3 is 1.68 bits per heavy atom. The van der Waals surface area contributed by atoms with Gasteiger partial charge in [-0.2, -0.15) is 0 Å². The third kappa shape index (κ3) is 1.84. The molecule has 0 N–H and O–H groups in total. The van der Waals surface area contributed by atoms with Crippen LogP contribution in [-0.2, 0) is 0 Å². The van der Waals surface area contributed by atoms with Crippen LogP contribution in [0.25, 0.3) is 0 Å². The van der Waals surface area contributed by atoms with E-state index in [1.54, 1.807) is 36.4 Å². The Balaban J connectivity index is 2.20. The minimum atomic E-state index is -0.298. The Labute approximate surface area is 126 Å². The summed E-state index contributed by atoms with van der Waals surface area (Å²) in [6, 6.07) is 12.3. The molecular weight excluding hydrogens is 374 g/mol. The molecule has 2 amide bonds. The van der Waals surface area contributed by atoms with Crippen LogP contribution in [0.3, 0.4) is 0 Å². The molecule has 0 saturated carbocycles. The van der Waals surface area contributed by atoms with Gasteiger partial charge in [0.2, 0.25) is 0 Å². The van der Waals surface area contributed by atoms with Crippen LogP contribution < -0.4 is 4.90 Å². The number of hydrogen-bond donors (Lipinski definition) is 0. The largest absolute Gasteiger partial charge is 0.268 e. The number of carbonyl (C=O) groups is 2. The SMILES string of the molecule is O=C1c2ccccc2C(=O)N1c1c(Br)cccc1Br. The predicted molar refractivity (Wildman–Crippen MR) is 79.4 cm³/mol. The van der Waals surface area contributed by atoms with Gasteiger partial charge in [0.1, 0.15) is 0 Å². The fourth-order valence-electron chi connectivity index (χ4n) is 2.09. The number of anilines is 1. The Hall–Kier alpha value is -1.46. The van der Waals surface area contributed by atoms with Crippen LogP contribution in [0.4, 0.5) is 5.69 Å². The van der Waals surface area contributed by atoms with Crippen molar-refractivity contribution in [1.29, 1.82) is 0 Å². The lowest BCUT2D eigenvalue weighted by Crippen LogP contribution is -2.30. The molecule has 5 heteroatoms. The molecule has 3 rings (SSSR count). The van der Waals surface area contributed by atoms with Crippen LogP contribution in [-0.4, -0.2) is 11.8 Å². The maximum absolute atomic E-state index is 12.4. The van der Waals surface area contributed by atoms with Crippen LogP contribution >= 0.6 is 31.9 Å². The summed E-state index contributed by atoms with van der Waals surface area (Å²) < 4.78 is 1.38. The minimum absolute atomic E-state index is 0.298. The van der Waals surface area contributed by atoms with E-state index in [1.165, 1.54) is 4.90 Å². The highest BCUT2D eigenvalue weighted by Gasteiger charge is 2.37. The quantitative estimate of drug-likeness (QED) is 0.701. The second-order valence-corrected chi connectivity index (χ2v) is 5.77. The molecule has 1 aliphatic rings. The molecule has 19 heavy (non-hydrogen) atoms. The number of amides is 2. The molecule has 0 spiro atoms. The smallest absolute Gasteiger partial charge is 0.266 e. The van der Waals surface area contributed by atoms with Crippen LogP contribution in [0, 0.1) is 0 Å². The van der Waals surface area contributed by atoms with Gasteiger partial charge in [0.05, 0.1) is 16.8 Å². The van der Waals surface area contributed by atoms with Crippen molar-refractivity contribution in [3.05, 3.63) is 62.5 Å². The molecule has 0 unspecified atom stereocenters. The summed E-state index contributed by atoms with van der Waals surface area (Å²) in [5.74, 6) is -0.596. The molecule has 2 aromatic carbocycles. The van der Waals surface area contributed by atoms with Gasteiger partial charge >= 0.3 is 0 Å². The van der Waals surface area contributed by atoms with Crippen LogP contribution in [0.2, 0.25) is 0 Å². The summed E-state index contributed by atoms with van der Waals surface area (Å²) in [7, 11) is 0. The molecule has 0 saturated heterocycles. The summed E-state index contributed by atoms with van der Waals surface area (Å²) in [5.41, 5.74) is 1.42. The van der Waals surface area contributed by atoms with Crippen molar-refractivity contribution in [3.63, 3.8) is 0 Å².